The van der Waals surface area contributed by atoms with Gasteiger partial charge in [0.2, 0.25) is 0 Å². The van der Waals surface area contributed by atoms with Gasteiger partial charge < -0.3 is 10.3 Å². The van der Waals surface area contributed by atoms with Gasteiger partial charge in [-0.1, -0.05) is 25.1 Å². The van der Waals surface area contributed by atoms with Crippen LogP contribution in [0, 0.1) is 5.92 Å². The lowest BCUT2D eigenvalue weighted by atomic mass is 10.1. The van der Waals surface area contributed by atoms with Crippen LogP contribution in [0.5, 0.6) is 0 Å². The summed E-state index contributed by atoms with van der Waals surface area (Å²) in [6.07, 6.45) is 3.29. The van der Waals surface area contributed by atoms with Gasteiger partial charge in [-0.3, -0.25) is 9.97 Å². The third-order valence-electron chi connectivity index (χ3n) is 3.19. The second kappa shape index (κ2) is 4.97. The van der Waals surface area contributed by atoms with Gasteiger partial charge in [-0.2, -0.15) is 4.98 Å². The molecule has 0 saturated carbocycles. The van der Waals surface area contributed by atoms with Crippen LogP contribution in [0.4, 0.5) is 0 Å². The smallest absolute Gasteiger partial charge is 0.260 e. The number of fused-ring (bicyclic) bond motifs is 1. The predicted octanol–water partition coefficient (Wildman–Crippen LogP) is 2.34. The molecule has 0 aliphatic rings. The van der Waals surface area contributed by atoms with Crippen LogP contribution >= 0.6 is 0 Å². The number of aromatic nitrogens is 4. The molecule has 0 aliphatic carbocycles. The minimum atomic E-state index is -0.242. The Bertz CT molecular complexity index is 732. The molecule has 2 heterocycles. The van der Waals surface area contributed by atoms with Gasteiger partial charge in [-0.25, -0.2) is 0 Å². The van der Waals surface area contributed by atoms with Gasteiger partial charge in [-0.15, -0.1) is 0 Å². The molecule has 20 heavy (non-hydrogen) atoms. The third-order valence-corrected chi connectivity index (χ3v) is 3.19. The lowest BCUT2D eigenvalue weighted by Gasteiger charge is -2.09. The van der Waals surface area contributed by atoms with Gasteiger partial charge >= 0.3 is 0 Å². The Morgan fingerprint density at radius 1 is 1.15 bits per heavy atom. The molecule has 0 fully saturated rings. The molecule has 0 radical (unpaired) electrons. The van der Waals surface area contributed by atoms with E-state index in [-0.39, 0.29) is 12.0 Å². The Morgan fingerprint density at radius 3 is 2.75 bits per heavy atom. The van der Waals surface area contributed by atoms with Gasteiger partial charge in [0.15, 0.2) is 5.82 Å². The monoisotopic (exact) mass is 269 g/mol. The normalized spacial score (nSPS) is 13.0. The van der Waals surface area contributed by atoms with Crippen LogP contribution in [-0.4, -0.2) is 20.1 Å². The second-order valence-corrected chi connectivity index (χ2v) is 4.96. The summed E-state index contributed by atoms with van der Waals surface area (Å²) < 4.78 is 5.32. The molecule has 0 spiro atoms. The maximum absolute atomic E-state index is 6.03. The van der Waals surface area contributed by atoms with Crippen LogP contribution in [-0.2, 0) is 0 Å². The molecule has 1 unspecified atom stereocenters. The molecule has 1 aromatic carbocycles. The average Bonchev–Trinajstić information content (AvgIpc) is 2.95. The number of hydrogen-bond donors (Lipinski definition) is 1. The summed E-state index contributed by atoms with van der Waals surface area (Å²) in [6, 6.07) is 5.42. The van der Waals surface area contributed by atoms with Crippen molar-refractivity contribution in [1.82, 2.24) is 20.1 Å². The fourth-order valence-corrected chi connectivity index (χ4v) is 1.94. The van der Waals surface area contributed by atoms with E-state index in [1.807, 2.05) is 32.0 Å². The van der Waals surface area contributed by atoms with Crippen molar-refractivity contribution in [3.8, 4) is 11.5 Å². The van der Waals surface area contributed by atoms with Crippen LogP contribution in [0.15, 0.2) is 35.1 Å². The Balaban J connectivity index is 2.08. The molecular weight excluding hydrogens is 254 g/mol. The van der Waals surface area contributed by atoms with E-state index in [2.05, 4.69) is 20.1 Å². The molecule has 6 heteroatoms. The zero-order valence-corrected chi connectivity index (χ0v) is 11.3. The number of nitrogens with zero attached hydrogens (tertiary/aromatic N) is 4. The van der Waals surface area contributed by atoms with E-state index in [4.69, 9.17) is 10.3 Å². The van der Waals surface area contributed by atoms with Gasteiger partial charge in [0.25, 0.3) is 5.89 Å². The van der Waals surface area contributed by atoms with E-state index in [1.165, 1.54) is 0 Å². The number of para-hydroxylation sites is 1. The largest absolute Gasteiger partial charge is 0.334 e. The third kappa shape index (κ3) is 2.14. The maximum Gasteiger partial charge on any atom is 0.260 e. The first kappa shape index (κ1) is 12.7. The van der Waals surface area contributed by atoms with Crippen LogP contribution in [0.2, 0.25) is 0 Å². The fraction of sp³-hybridized carbons (Fsp3) is 0.286. The van der Waals surface area contributed by atoms with Crippen molar-refractivity contribution >= 4 is 11.0 Å². The van der Waals surface area contributed by atoms with Gasteiger partial charge in [0.1, 0.15) is 5.52 Å². The predicted molar refractivity (Wildman–Crippen MR) is 74.6 cm³/mol. The summed E-state index contributed by atoms with van der Waals surface area (Å²) >= 11 is 0. The molecule has 3 aromatic rings. The molecule has 102 valence electrons. The summed E-state index contributed by atoms with van der Waals surface area (Å²) in [7, 11) is 0. The zero-order valence-electron chi connectivity index (χ0n) is 11.3. The lowest BCUT2D eigenvalue weighted by Crippen LogP contribution is -2.18. The SMILES string of the molecule is CC(C)C(N)c1noc(-c2cccc3nccnc23)n1. The number of rotatable bonds is 3. The molecule has 3 rings (SSSR count). The molecule has 0 aliphatic heterocycles. The number of hydrogen-bond acceptors (Lipinski definition) is 6. The fourth-order valence-electron chi connectivity index (χ4n) is 1.94. The van der Waals surface area contributed by atoms with E-state index in [0.717, 1.165) is 16.6 Å². The number of nitrogens with two attached hydrogens (primary N) is 1. The highest BCUT2D eigenvalue weighted by Gasteiger charge is 2.19. The standard InChI is InChI=1S/C14H15N5O/c1-8(2)11(15)13-18-14(20-19-13)9-4-3-5-10-12(9)17-7-6-16-10/h3-8,11H,15H2,1-2H3. The summed E-state index contributed by atoms with van der Waals surface area (Å²) in [5.74, 6) is 1.17. The lowest BCUT2D eigenvalue weighted by molar-refractivity contribution is 0.400. The first-order valence-electron chi connectivity index (χ1n) is 6.46. The van der Waals surface area contributed by atoms with Gasteiger partial charge in [-0.05, 0) is 18.1 Å². The molecule has 1 atom stereocenters. The molecule has 0 bridgehead atoms. The Labute approximate surface area is 116 Å². The second-order valence-electron chi connectivity index (χ2n) is 4.96. The summed E-state index contributed by atoms with van der Waals surface area (Å²) in [6.45, 7) is 4.04. The average molecular weight is 269 g/mol. The van der Waals surface area contributed by atoms with E-state index in [0.29, 0.717) is 11.7 Å². The Morgan fingerprint density at radius 2 is 1.95 bits per heavy atom. The van der Waals surface area contributed by atoms with E-state index in [9.17, 15) is 0 Å². The molecule has 0 amide bonds. The van der Waals surface area contributed by atoms with Crippen molar-refractivity contribution in [3.05, 3.63) is 36.4 Å². The molecule has 6 nitrogen and oxygen atoms in total. The highest BCUT2D eigenvalue weighted by Crippen LogP contribution is 2.26. The molecule has 2 N–H and O–H groups in total. The maximum atomic E-state index is 6.03. The minimum absolute atomic E-state index is 0.242. The van der Waals surface area contributed by atoms with E-state index < -0.39 is 0 Å². The molecule has 2 aromatic heterocycles. The van der Waals surface area contributed by atoms with Crippen molar-refractivity contribution in [2.45, 2.75) is 19.9 Å². The highest BCUT2D eigenvalue weighted by atomic mass is 16.5. The van der Waals surface area contributed by atoms with Crippen LogP contribution in [0.1, 0.15) is 25.7 Å². The molecular formula is C14H15N5O. The van der Waals surface area contributed by atoms with Crippen molar-refractivity contribution in [2.24, 2.45) is 11.7 Å². The number of benzene rings is 1. The summed E-state index contributed by atoms with van der Waals surface area (Å²) in [5, 5.41) is 3.96. The van der Waals surface area contributed by atoms with Crippen LogP contribution in [0.3, 0.4) is 0 Å². The summed E-state index contributed by atoms with van der Waals surface area (Å²) in [5.41, 5.74) is 8.33. The Hall–Kier alpha value is -2.34. The Kier molecular flexibility index (Phi) is 3.15. The summed E-state index contributed by atoms with van der Waals surface area (Å²) in [4.78, 5) is 13.0. The first-order chi connectivity index (χ1) is 9.66. The van der Waals surface area contributed by atoms with E-state index >= 15 is 0 Å². The topological polar surface area (TPSA) is 90.7 Å². The highest BCUT2D eigenvalue weighted by molar-refractivity contribution is 5.88. The van der Waals surface area contributed by atoms with E-state index in [1.54, 1.807) is 12.4 Å². The van der Waals surface area contributed by atoms with Gasteiger partial charge in [0, 0.05) is 12.4 Å². The van der Waals surface area contributed by atoms with Crippen LogP contribution in [0.25, 0.3) is 22.5 Å². The van der Waals surface area contributed by atoms with Crippen molar-refractivity contribution < 1.29 is 4.52 Å². The van der Waals surface area contributed by atoms with Crippen molar-refractivity contribution in [1.29, 1.82) is 0 Å². The van der Waals surface area contributed by atoms with Gasteiger partial charge in [0.05, 0.1) is 17.1 Å². The first-order valence-corrected chi connectivity index (χ1v) is 6.46. The molecule has 0 saturated heterocycles. The quantitative estimate of drug-likeness (QED) is 0.784. The minimum Gasteiger partial charge on any atom is -0.334 e. The zero-order chi connectivity index (χ0) is 14.1. The van der Waals surface area contributed by atoms with Crippen LogP contribution < -0.4 is 5.73 Å². The van der Waals surface area contributed by atoms with Crippen molar-refractivity contribution in [2.75, 3.05) is 0 Å². The van der Waals surface area contributed by atoms with Crippen molar-refractivity contribution in [3.63, 3.8) is 0 Å².